The Kier molecular flexibility index (Phi) is 4.89. The zero-order valence-corrected chi connectivity index (χ0v) is 8.12. The maximum Gasteiger partial charge on any atom is 0.394 e. The molecule has 1 fully saturated rings. The number of amides is 1. The van der Waals surface area contributed by atoms with Crippen LogP contribution in [0.1, 0.15) is 19.8 Å². The molecule has 0 spiro atoms. The second-order valence-corrected chi connectivity index (χ2v) is 3.42. The largest absolute Gasteiger partial charge is 0.394 e. The van der Waals surface area contributed by atoms with E-state index in [9.17, 15) is 4.79 Å². The maximum absolute atomic E-state index is 10.7. The van der Waals surface area contributed by atoms with Crippen molar-refractivity contribution in [1.29, 1.82) is 0 Å². The van der Waals surface area contributed by atoms with E-state index >= 15 is 0 Å². The van der Waals surface area contributed by atoms with Crippen LogP contribution in [0.15, 0.2) is 0 Å². The van der Waals surface area contributed by atoms with Crippen LogP contribution in [0.5, 0.6) is 0 Å². The lowest BCUT2D eigenvalue weighted by Gasteiger charge is -2.10. The molecular formula is C6H13NO5S. The van der Waals surface area contributed by atoms with E-state index in [-0.39, 0.29) is 0 Å². The monoisotopic (exact) mass is 211 g/mol. The van der Waals surface area contributed by atoms with Crippen molar-refractivity contribution in [3.63, 3.8) is 0 Å². The van der Waals surface area contributed by atoms with Gasteiger partial charge in [0.2, 0.25) is 5.91 Å². The van der Waals surface area contributed by atoms with Gasteiger partial charge in [-0.2, -0.15) is 8.42 Å². The molecule has 1 heterocycles. The number of hydrogen-bond acceptors (Lipinski definition) is 3. The first-order valence-corrected chi connectivity index (χ1v) is 5.22. The lowest BCUT2D eigenvalue weighted by molar-refractivity contribution is -0.127. The van der Waals surface area contributed by atoms with Crippen LogP contribution in [0.25, 0.3) is 0 Å². The van der Waals surface area contributed by atoms with E-state index in [4.69, 9.17) is 17.5 Å². The molecule has 0 bridgehead atoms. The average Bonchev–Trinajstić information content (AvgIpc) is 2.31. The third-order valence-electron chi connectivity index (χ3n) is 1.55. The summed E-state index contributed by atoms with van der Waals surface area (Å²) in [7, 11) is -4.67. The highest BCUT2D eigenvalue weighted by Gasteiger charge is 2.16. The smallest absolute Gasteiger partial charge is 0.343 e. The summed E-state index contributed by atoms with van der Waals surface area (Å²) in [5, 5.41) is 0. The van der Waals surface area contributed by atoms with Crippen LogP contribution in [0.2, 0.25) is 0 Å². The standard InChI is InChI=1S/C6H11NO.H2O4S/c1-2-7-5-3-4-6(7)8;1-5(2,3)4/h2-5H2,1H3;(H2,1,2,3,4). The van der Waals surface area contributed by atoms with E-state index in [0.29, 0.717) is 5.91 Å². The molecule has 13 heavy (non-hydrogen) atoms. The second kappa shape index (κ2) is 5.15. The Labute approximate surface area is 77.1 Å². The minimum atomic E-state index is -4.67. The summed E-state index contributed by atoms with van der Waals surface area (Å²) in [5.74, 6) is 0.326. The highest BCUT2D eigenvalue weighted by atomic mass is 32.3. The van der Waals surface area contributed by atoms with Crippen LogP contribution in [-0.4, -0.2) is 41.4 Å². The number of likely N-dealkylation sites (tertiary alicyclic amines) is 1. The van der Waals surface area contributed by atoms with Gasteiger partial charge in [0, 0.05) is 19.5 Å². The van der Waals surface area contributed by atoms with Crippen LogP contribution >= 0.6 is 0 Å². The van der Waals surface area contributed by atoms with Crippen LogP contribution < -0.4 is 0 Å². The molecule has 0 unspecified atom stereocenters. The molecule has 1 saturated heterocycles. The van der Waals surface area contributed by atoms with Crippen molar-refractivity contribution in [2.24, 2.45) is 0 Å². The first-order valence-electron chi connectivity index (χ1n) is 3.82. The predicted molar refractivity (Wildman–Crippen MR) is 45.7 cm³/mol. The minimum absolute atomic E-state index is 0.326. The Morgan fingerprint density at radius 2 is 1.92 bits per heavy atom. The molecule has 2 N–H and O–H groups in total. The molecule has 0 aromatic carbocycles. The van der Waals surface area contributed by atoms with Crippen molar-refractivity contribution in [2.45, 2.75) is 19.8 Å². The van der Waals surface area contributed by atoms with E-state index in [1.807, 2.05) is 11.8 Å². The van der Waals surface area contributed by atoms with E-state index in [2.05, 4.69) is 0 Å². The number of carbonyl (C=O) groups excluding carboxylic acids is 1. The third kappa shape index (κ3) is 7.69. The first-order chi connectivity index (χ1) is 5.84. The minimum Gasteiger partial charge on any atom is -0.343 e. The molecule has 1 aliphatic rings. The molecule has 0 aromatic heterocycles. The summed E-state index contributed by atoms with van der Waals surface area (Å²) >= 11 is 0. The molecule has 1 amide bonds. The van der Waals surface area contributed by atoms with Crippen LogP contribution in [-0.2, 0) is 15.2 Å². The molecule has 78 valence electrons. The fourth-order valence-electron chi connectivity index (χ4n) is 1.04. The highest BCUT2D eigenvalue weighted by molar-refractivity contribution is 7.79. The zero-order valence-electron chi connectivity index (χ0n) is 7.30. The fourth-order valence-corrected chi connectivity index (χ4v) is 1.04. The summed E-state index contributed by atoms with van der Waals surface area (Å²) in [6.07, 6.45) is 1.83. The van der Waals surface area contributed by atoms with Gasteiger partial charge in [-0.1, -0.05) is 0 Å². The fraction of sp³-hybridized carbons (Fsp3) is 0.833. The van der Waals surface area contributed by atoms with Crippen LogP contribution in [0.3, 0.4) is 0 Å². The molecule has 6 nitrogen and oxygen atoms in total. The number of carbonyl (C=O) groups is 1. The third-order valence-corrected chi connectivity index (χ3v) is 1.55. The second-order valence-electron chi connectivity index (χ2n) is 2.52. The molecule has 0 atom stereocenters. The number of hydrogen-bond donors (Lipinski definition) is 2. The number of nitrogens with zero attached hydrogens (tertiary/aromatic N) is 1. The van der Waals surface area contributed by atoms with Gasteiger partial charge in [0.05, 0.1) is 0 Å². The lowest BCUT2D eigenvalue weighted by atomic mass is 10.4. The summed E-state index contributed by atoms with van der Waals surface area (Å²) in [4.78, 5) is 12.6. The highest BCUT2D eigenvalue weighted by Crippen LogP contribution is 2.07. The van der Waals surface area contributed by atoms with Crippen LogP contribution in [0.4, 0.5) is 0 Å². The van der Waals surface area contributed by atoms with E-state index in [1.165, 1.54) is 0 Å². The Morgan fingerprint density at radius 1 is 1.46 bits per heavy atom. The van der Waals surface area contributed by atoms with Gasteiger partial charge >= 0.3 is 10.4 Å². The van der Waals surface area contributed by atoms with Crippen molar-refractivity contribution < 1.29 is 22.3 Å². The molecule has 0 radical (unpaired) electrons. The van der Waals surface area contributed by atoms with Gasteiger partial charge < -0.3 is 4.90 Å². The van der Waals surface area contributed by atoms with Gasteiger partial charge in [-0.15, -0.1) is 0 Å². The van der Waals surface area contributed by atoms with Gasteiger partial charge in [0.15, 0.2) is 0 Å². The van der Waals surface area contributed by atoms with Crippen molar-refractivity contribution in [3.8, 4) is 0 Å². The van der Waals surface area contributed by atoms with Crippen LogP contribution in [0, 0.1) is 0 Å². The van der Waals surface area contributed by atoms with Gasteiger partial charge in [-0.25, -0.2) is 0 Å². The van der Waals surface area contributed by atoms with Gasteiger partial charge in [0.1, 0.15) is 0 Å². The first kappa shape index (κ1) is 12.3. The van der Waals surface area contributed by atoms with E-state index in [0.717, 1.165) is 25.9 Å². The molecule has 1 aliphatic heterocycles. The molecule has 1 rings (SSSR count). The predicted octanol–water partition coefficient (Wildman–Crippen LogP) is -0.0241. The van der Waals surface area contributed by atoms with Gasteiger partial charge in [0.25, 0.3) is 0 Å². The summed E-state index contributed by atoms with van der Waals surface area (Å²) in [6.45, 7) is 3.89. The quantitative estimate of drug-likeness (QED) is 0.594. The van der Waals surface area contributed by atoms with Gasteiger partial charge in [-0.05, 0) is 13.3 Å². The Bertz CT molecular complexity index is 252. The zero-order chi connectivity index (χ0) is 10.5. The van der Waals surface area contributed by atoms with Crippen molar-refractivity contribution in [1.82, 2.24) is 4.90 Å². The summed E-state index contributed by atoms with van der Waals surface area (Å²) < 4.78 is 31.6. The maximum atomic E-state index is 10.7. The van der Waals surface area contributed by atoms with E-state index in [1.54, 1.807) is 0 Å². The lowest BCUT2D eigenvalue weighted by Crippen LogP contribution is -2.23. The SMILES string of the molecule is CCN1CCCC1=O.O=S(=O)(O)O. The topological polar surface area (TPSA) is 94.9 Å². The summed E-state index contributed by atoms with van der Waals surface area (Å²) in [6, 6.07) is 0. The van der Waals surface area contributed by atoms with Crippen molar-refractivity contribution in [3.05, 3.63) is 0 Å². The average molecular weight is 211 g/mol. The molecule has 7 heteroatoms. The molecule has 0 aliphatic carbocycles. The van der Waals surface area contributed by atoms with Crippen molar-refractivity contribution in [2.75, 3.05) is 13.1 Å². The molecule has 0 saturated carbocycles. The number of rotatable bonds is 1. The summed E-state index contributed by atoms with van der Waals surface area (Å²) in [5.41, 5.74) is 0. The van der Waals surface area contributed by atoms with E-state index < -0.39 is 10.4 Å². The van der Waals surface area contributed by atoms with Gasteiger partial charge in [-0.3, -0.25) is 13.9 Å². The Hall–Kier alpha value is -0.660. The molecular weight excluding hydrogens is 198 g/mol. The molecule has 0 aromatic rings. The Balaban J connectivity index is 0.000000252. The Morgan fingerprint density at radius 3 is 2.08 bits per heavy atom. The normalized spacial score (nSPS) is 16.8. The van der Waals surface area contributed by atoms with Crippen molar-refractivity contribution >= 4 is 16.3 Å².